The third kappa shape index (κ3) is 6.57. The quantitative estimate of drug-likeness (QED) is 0.777. The molecule has 0 spiro atoms. The number of amides is 1. The Labute approximate surface area is 166 Å². The first kappa shape index (κ1) is 23.0. The highest BCUT2D eigenvalue weighted by Gasteiger charge is 2.32. The average molecular weight is 394 g/mol. The van der Waals surface area contributed by atoms with Crippen LogP contribution in [0.15, 0.2) is 0 Å². The van der Waals surface area contributed by atoms with Crippen molar-refractivity contribution in [3.63, 3.8) is 0 Å². The van der Waals surface area contributed by atoms with Crippen LogP contribution in [0.1, 0.15) is 58.3 Å². The van der Waals surface area contributed by atoms with Gasteiger partial charge in [0.25, 0.3) is 0 Å². The second-order valence-electron chi connectivity index (χ2n) is 8.03. The molecule has 25 heavy (non-hydrogen) atoms. The molecule has 148 valence electrons. The zero-order chi connectivity index (χ0) is 16.1. The second-order valence-corrected chi connectivity index (χ2v) is 8.03. The monoisotopic (exact) mass is 393 g/mol. The summed E-state index contributed by atoms with van der Waals surface area (Å²) in [4.78, 5) is 17.7. The zero-order valence-corrected chi connectivity index (χ0v) is 17.4. The van der Waals surface area contributed by atoms with Crippen LogP contribution in [0, 0.1) is 11.8 Å². The number of piperidine rings is 2. The molecule has 4 nitrogen and oxygen atoms in total. The minimum atomic E-state index is 0. The number of likely N-dealkylation sites (tertiary alicyclic amines) is 2. The van der Waals surface area contributed by atoms with Crippen LogP contribution in [0.3, 0.4) is 0 Å². The van der Waals surface area contributed by atoms with E-state index in [-0.39, 0.29) is 24.8 Å². The minimum Gasteiger partial charge on any atom is -0.338 e. The average Bonchev–Trinajstić information content (AvgIpc) is 3.05. The first-order chi connectivity index (χ1) is 11.2. The van der Waals surface area contributed by atoms with E-state index in [1.807, 2.05) is 0 Å². The highest BCUT2D eigenvalue weighted by Crippen LogP contribution is 2.26. The van der Waals surface area contributed by atoms with Crippen LogP contribution in [-0.4, -0.2) is 61.0 Å². The van der Waals surface area contributed by atoms with E-state index in [4.69, 9.17) is 0 Å². The van der Waals surface area contributed by atoms with Gasteiger partial charge in [0.05, 0.1) is 0 Å². The summed E-state index contributed by atoms with van der Waals surface area (Å²) >= 11 is 0. The number of halogens is 2. The van der Waals surface area contributed by atoms with Gasteiger partial charge in [0.2, 0.25) is 5.91 Å². The first-order valence-electron chi connectivity index (χ1n) is 9.96. The third-order valence-corrected chi connectivity index (χ3v) is 6.25. The molecular weight excluding hydrogens is 357 g/mol. The van der Waals surface area contributed by atoms with Crippen LogP contribution < -0.4 is 5.32 Å². The lowest BCUT2D eigenvalue weighted by molar-refractivity contribution is -0.133. The van der Waals surface area contributed by atoms with E-state index in [1.54, 1.807) is 0 Å². The van der Waals surface area contributed by atoms with E-state index in [0.717, 1.165) is 32.6 Å². The van der Waals surface area contributed by atoms with Crippen LogP contribution in [0.5, 0.6) is 0 Å². The summed E-state index contributed by atoms with van der Waals surface area (Å²) in [5.74, 6) is 1.63. The summed E-state index contributed by atoms with van der Waals surface area (Å²) in [7, 11) is 0. The largest absolute Gasteiger partial charge is 0.338 e. The molecule has 0 aromatic rings. The highest BCUT2D eigenvalue weighted by atomic mass is 35.5. The van der Waals surface area contributed by atoms with Crippen molar-refractivity contribution in [3.8, 4) is 0 Å². The van der Waals surface area contributed by atoms with Gasteiger partial charge in [-0.05, 0) is 76.5 Å². The Morgan fingerprint density at radius 2 is 1.80 bits per heavy atom. The molecule has 0 aliphatic carbocycles. The lowest BCUT2D eigenvalue weighted by atomic mass is 9.85. The predicted molar refractivity (Wildman–Crippen MR) is 109 cm³/mol. The normalized spacial score (nSPS) is 28.8. The lowest BCUT2D eigenvalue weighted by Crippen LogP contribution is -2.45. The standard InChI is InChI=1S/C19H35N3O.2ClH/c1-16(17-7-5-9-20-14-17)13-19(23)22-12-6-8-18(22)15-21-10-3-2-4-11-21;;/h16-18,20H,2-15H2,1H3;2*1H. The van der Waals surface area contributed by atoms with E-state index in [1.165, 1.54) is 58.0 Å². The van der Waals surface area contributed by atoms with E-state index in [9.17, 15) is 4.79 Å². The number of carbonyl (C=O) groups is 1. The van der Waals surface area contributed by atoms with Crippen molar-refractivity contribution in [1.82, 2.24) is 15.1 Å². The van der Waals surface area contributed by atoms with Crippen molar-refractivity contribution in [2.24, 2.45) is 11.8 Å². The molecule has 3 aliphatic heterocycles. The minimum absolute atomic E-state index is 0. The molecule has 3 saturated heterocycles. The topological polar surface area (TPSA) is 35.6 Å². The van der Waals surface area contributed by atoms with E-state index in [2.05, 4.69) is 22.0 Å². The van der Waals surface area contributed by atoms with Gasteiger partial charge in [-0.25, -0.2) is 0 Å². The fourth-order valence-electron chi connectivity index (χ4n) is 4.72. The SMILES string of the molecule is CC(CC(=O)N1CCCC1CN1CCCCC1)C1CCCNC1.Cl.Cl. The predicted octanol–water partition coefficient (Wildman–Crippen LogP) is 3.33. The van der Waals surface area contributed by atoms with E-state index >= 15 is 0 Å². The number of hydrogen-bond donors (Lipinski definition) is 1. The van der Waals surface area contributed by atoms with Crippen LogP contribution in [0.4, 0.5) is 0 Å². The molecule has 0 saturated carbocycles. The molecule has 6 heteroatoms. The number of carbonyl (C=O) groups excluding carboxylic acids is 1. The van der Waals surface area contributed by atoms with Crippen LogP contribution in [-0.2, 0) is 4.79 Å². The van der Waals surface area contributed by atoms with Gasteiger partial charge >= 0.3 is 0 Å². The fraction of sp³-hybridized carbons (Fsp3) is 0.947. The number of hydrogen-bond acceptors (Lipinski definition) is 3. The molecule has 0 bridgehead atoms. The van der Waals surface area contributed by atoms with Crippen LogP contribution in [0.25, 0.3) is 0 Å². The Balaban J connectivity index is 0.00000156. The Morgan fingerprint density at radius 3 is 2.48 bits per heavy atom. The van der Waals surface area contributed by atoms with Gasteiger partial charge in [-0.2, -0.15) is 0 Å². The van der Waals surface area contributed by atoms with Gasteiger partial charge < -0.3 is 15.1 Å². The van der Waals surface area contributed by atoms with Gasteiger partial charge in [-0.1, -0.05) is 13.3 Å². The van der Waals surface area contributed by atoms with Crippen molar-refractivity contribution < 1.29 is 4.79 Å². The maximum atomic E-state index is 12.8. The summed E-state index contributed by atoms with van der Waals surface area (Å²) in [5.41, 5.74) is 0. The van der Waals surface area contributed by atoms with Gasteiger partial charge in [0.15, 0.2) is 0 Å². The Bertz CT molecular complexity index is 385. The molecule has 1 N–H and O–H groups in total. The lowest BCUT2D eigenvalue weighted by Gasteiger charge is -2.34. The number of rotatable bonds is 5. The smallest absolute Gasteiger partial charge is 0.223 e. The molecule has 3 fully saturated rings. The molecule has 3 heterocycles. The zero-order valence-electron chi connectivity index (χ0n) is 15.8. The van der Waals surface area contributed by atoms with Crippen molar-refractivity contribution in [2.75, 3.05) is 39.3 Å². The maximum Gasteiger partial charge on any atom is 0.223 e. The van der Waals surface area contributed by atoms with Crippen LogP contribution in [0.2, 0.25) is 0 Å². The summed E-state index contributed by atoms with van der Waals surface area (Å²) in [6.07, 6.45) is 9.78. The summed E-state index contributed by atoms with van der Waals surface area (Å²) in [6, 6.07) is 0.484. The fourth-order valence-corrected chi connectivity index (χ4v) is 4.72. The summed E-state index contributed by atoms with van der Waals surface area (Å²) < 4.78 is 0. The molecule has 3 aliphatic rings. The number of nitrogens with one attached hydrogen (secondary N) is 1. The van der Waals surface area contributed by atoms with Crippen molar-refractivity contribution in [1.29, 1.82) is 0 Å². The first-order valence-corrected chi connectivity index (χ1v) is 9.96. The molecule has 0 aromatic heterocycles. The Morgan fingerprint density at radius 1 is 1.04 bits per heavy atom. The second kappa shape index (κ2) is 11.6. The number of nitrogens with zero attached hydrogens (tertiary/aromatic N) is 2. The molecule has 0 radical (unpaired) electrons. The van der Waals surface area contributed by atoms with Crippen LogP contribution >= 0.6 is 24.8 Å². The summed E-state index contributed by atoms with van der Waals surface area (Å²) in [5, 5.41) is 3.49. The van der Waals surface area contributed by atoms with Crippen molar-refractivity contribution >= 4 is 30.7 Å². The van der Waals surface area contributed by atoms with Crippen molar-refractivity contribution in [2.45, 2.75) is 64.3 Å². The molecule has 3 rings (SSSR count). The maximum absolute atomic E-state index is 12.8. The Hall–Kier alpha value is -0.0300. The van der Waals surface area contributed by atoms with Gasteiger partial charge in [0.1, 0.15) is 0 Å². The van der Waals surface area contributed by atoms with Gasteiger partial charge in [0, 0.05) is 25.6 Å². The van der Waals surface area contributed by atoms with Gasteiger partial charge in [-0.3, -0.25) is 4.79 Å². The summed E-state index contributed by atoms with van der Waals surface area (Å²) in [6.45, 7) is 9.13. The van der Waals surface area contributed by atoms with Crippen molar-refractivity contribution in [3.05, 3.63) is 0 Å². The Kier molecular flexibility index (Phi) is 10.7. The third-order valence-electron chi connectivity index (χ3n) is 6.25. The van der Waals surface area contributed by atoms with Gasteiger partial charge in [-0.15, -0.1) is 24.8 Å². The molecular formula is C19H37Cl2N3O. The van der Waals surface area contributed by atoms with E-state index in [0.29, 0.717) is 23.8 Å². The van der Waals surface area contributed by atoms with E-state index < -0.39 is 0 Å². The molecule has 3 atom stereocenters. The molecule has 3 unspecified atom stereocenters. The molecule has 0 aromatic carbocycles. The molecule has 1 amide bonds. The highest BCUT2D eigenvalue weighted by molar-refractivity contribution is 5.85.